The number of aromatic nitrogens is 2. The first-order valence-electron chi connectivity index (χ1n) is 12.8. The number of aliphatic imine (C=N–C) groups is 1. The lowest BCUT2D eigenvalue weighted by Gasteiger charge is -2.28. The van der Waals surface area contributed by atoms with Crippen molar-refractivity contribution in [2.45, 2.75) is 84.0 Å². The van der Waals surface area contributed by atoms with E-state index < -0.39 is 47.9 Å². The molecule has 1 rings (SSSR count). The highest BCUT2D eigenvalue weighted by Crippen LogP contribution is 2.12. The molecule has 0 saturated heterocycles. The zero-order chi connectivity index (χ0) is 28.8. The highest BCUT2D eigenvalue weighted by Gasteiger charge is 2.32. The summed E-state index contributed by atoms with van der Waals surface area (Å²) in [4.78, 5) is 61.4. The highest BCUT2D eigenvalue weighted by atomic mass is 16.4. The summed E-state index contributed by atoms with van der Waals surface area (Å²) >= 11 is 0. The molecule has 0 fully saturated rings. The summed E-state index contributed by atoms with van der Waals surface area (Å²) in [6.07, 6.45) is 4.52. The fraction of sp³-hybridized carbons (Fsp3) is 0.667. The number of amides is 3. The molecular weight excluding hydrogens is 494 g/mol. The maximum Gasteiger partial charge on any atom is 0.326 e. The molecule has 0 bridgehead atoms. The molecular formula is C24H43N9O5. The van der Waals surface area contributed by atoms with Gasteiger partial charge < -0.3 is 43.2 Å². The molecule has 1 heterocycles. The second-order valence-corrected chi connectivity index (χ2v) is 9.80. The molecule has 0 aliphatic rings. The molecule has 3 amide bonds. The second kappa shape index (κ2) is 16.2. The number of hydrogen-bond donors (Lipinski definition) is 8. The van der Waals surface area contributed by atoms with Gasteiger partial charge in [0.05, 0.1) is 12.4 Å². The van der Waals surface area contributed by atoms with Gasteiger partial charge in [-0.15, -0.1) is 0 Å². The average molecular weight is 538 g/mol. The van der Waals surface area contributed by atoms with Crippen molar-refractivity contribution in [1.29, 1.82) is 0 Å². The number of carbonyl (C=O) groups is 4. The Morgan fingerprint density at radius 3 is 2.24 bits per heavy atom. The van der Waals surface area contributed by atoms with E-state index in [1.54, 1.807) is 13.1 Å². The third-order valence-corrected chi connectivity index (χ3v) is 6.02. The zero-order valence-corrected chi connectivity index (χ0v) is 22.6. The number of nitrogens with one attached hydrogen (secondary N) is 4. The Balaban J connectivity index is 2.93. The maximum atomic E-state index is 13.3. The lowest BCUT2D eigenvalue weighted by Crippen LogP contribution is -2.59. The first kappa shape index (κ1) is 32.3. The summed E-state index contributed by atoms with van der Waals surface area (Å²) in [5, 5.41) is 17.5. The molecule has 14 heteroatoms. The van der Waals surface area contributed by atoms with Gasteiger partial charge in [-0.25, -0.2) is 9.78 Å². The van der Waals surface area contributed by atoms with Crippen LogP contribution in [-0.2, 0) is 25.6 Å². The lowest BCUT2D eigenvalue weighted by molar-refractivity contribution is -0.142. The first-order valence-corrected chi connectivity index (χ1v) is 12.8. The number of aliphatic carboxylic acids is 1. The predicted molar refractivity (Wildman–Crippen MR) is 143 cm³/mol. The van der Waals surface area contributed by atoms with Gasteiger partial charge in [0.15, 0.2) is 5.96 Å². The third-order valence-electron chi connectivity index (χ3n) is 6.02. The van der Waals surface area contributed by atoms with Gasteiger partial charge >= 0.3 is 5.97 Å². The topological polar surface area (TPSA) is 244 Å². The average Bonchev–Trinajstić information content (AvgIpc) is 3.35. The molecule has 0 aliphatic heterocycles. The van der Waals surface area contributed by atoms with Crippen LogP contribution in [0.3, 0.4) is 0 Å². The number of aromatic amines is 1. The van der Waals surface area contributed by atoms with E-state index in [-0.39, 0.29) is 43.6 Å². The molecule has 0 aromatic carbocycles. The van der Waals surface area contributed by atoms with Gasteiger partial charge in [-0.2, -0.15) is 0 Å². The van der Waals surface area contributed by atoms with E-state index in [1.165, 1.54) is 6.33 Å². The number of rotatable bonds is 17. The zero-order valence-electron chi connectivity index (χ0n) is 22.6. The fourth-order valence-electron chi connectivity index (χ4n) is 3.69. The van der Waals surface area contributed by atoms with Crippen LogP contribution in [-0.4, -0.2) is 75.4 Å². The number of imidazole rings is 1. The summed E-state index contributed by atoms with van der Waals surface area (Å²) in [7, 11) is 0. The molecule has 5 unspecified atom stereocenters. The molecule has 0 aliphatic carbocycles. The lowest BCUT2D eigenvalue weighted by atomic mass is 9.96. The van der Waals surface area contributed by atoms with Gasteiger partial charge in [0.1, 0.15) is 18.1 Å². The number of guanidine groups is 1. The van der Waals surface area contributed by atoms with Crippen LogP contribution in [0.25, 0.3) is 0 Å². The van der Waals surface area contributed by atoms with Crippen LogP contribution in [0.5, 0.6) is 0 Å². The SMILES string of the molecule is CCC(C)C(NC(=O)C(N)Cc1cnc[nH]1)C(=O)NC(CC(C)C)C(=O)NC(CCCN=C(N)N)C(=O)O. The van der Waals surface area contributed by atoms with Gasteiger partial charge in [-0.3, -0.25) is 19.4 Å². The Morgan fingerprint density at radius 2 is 1.71 bits per heavy atom. The van der Waals surface area contributed by atoms with Gasteiger partial charge in [-0.05, 0) is 31.1 Å². The summed E-state index contributed by atoms with van der Waals surface area (Å²) in [6, 6.07) is -4.06. The maximum absolute atomic E-state index is 13.3. The van der Waals surface area contributed by atoms with Crippen molar-refractivity contribution in [2.75, 3.05) is 6.54 Å². The number of carboxylic acid groups (broad SMARTS) is 1. The quantitative estimate of drug-likeness (QED) is 0.0686. The first-order chi connectivity index (χ1) is 17.8. The van der Waals surface area contributed by atoms with E-state index in [0.717, 1.165) is 0 Å². The standard InChI is InChI=1S/C24H43N9O5/c1-5-14(4)19(33-20(34)16(25)10-15-11-28-12-30-15)22(36)32-18(9-13(2)3)21(35)31-17(23(37)38)7-6-8-29-24(26)27/h11-14,16-19H,5-10,25H2,1-4H3,(H,28,30)(H,31,35)(H,32,36)(H,33,34)(H,37,38)(H4,26,27,29). The number of H-pyrrole nitrogens is 1. The minimum Gasteiger partial charge on any atom is -0.480 e. The van der Waals surface area contributed by atoms with Crippen LogP contribution in [0, 0.1) is 11.8 Å². The van der Waals surface area contributed by atoms with Crippen LogP contribution in [0.15, 0.2) is 17.5 Å². The van der Waals surface area contributed by atoms with Crippen LogP contribution >= 0.6 is 0 Å². The minimum absolute atomic E-state index is 0.00987. The molecule has 11 N–H and O–H groups in total. The van der Waals surface area contributed by atoms with Gasteiger partial charge in [0.2, 0.25) is 17.7 Å². The van der Waals surface area contributed by atoms with Crippen molar-refractivity contribution in [3.8, 4) is 0 Å². The Labute approximate surface area is 223 Å². The smallest absolute Gasteiger partial charge is 0.326 e. The molecule has 0 radical (unpaired) electrons. The summed E-state index contributed by atoms with van der Waals surface area (Å²) in [6.45, 7) is 7.64. The van der Waals surface area contributed by atoms with E-state index in [0.29, 0.717) is 18.5 Å². The van der Waals surface area contributed by atoms with E-state index in [4.69, 9.17) is 17.2 Å². The molecule has 1 aromatic heterocycles. The molecule has 14 nitrogen and oxygen atoms in total. The summed E-state index contributed by atoms with van der Waals surface area (Å²) < 4.78 is 0. The molecule has 38 heavy (non-hydrogen) atoms. The van der Waals surface area contributed by atoms with Gasteiger partial charge in [-0.1, -0.05) is 34.1 Å². The van der Waals surface area contributed by atoms with Crippen molar-refractivity contribution >= 4 is 29.7 Å². The van der Waals surface area contributed by atoms with Crippen molar-refractivity contribution in [2.24, 2.45) is 34.0 Å². The normalized spacial score (nSPS) is 15.0. The Morgan fingerprint density at radius 1 is 1.05 bits per heavy atom. The van der Waals surface area contributed by atoms with E-state index >= 15 is 0 Å². The van der Waals surface area contributed by atoms with Gasteiger partial charge in [0, 0.05) is 24.9 Å². The van der Waals surface area contributed by atoms with E-state index in [2.05, 4.69) is 30.9 Å². The van der Waals surface area contributed by atoms with Crippen molar-refractivity contribution < 1.29 is 24.3 Å². The minimum atomic E-state index is -1.21. The van der Waals surface area contributed by atoms with Crippen LogP contribution in [0.4, 0.5) is 0 Å². The van der Waals surface area contributed by atoms with Crippen molar-refractivity contribution in [3.05, 3.63) is 18.2 Å². The Bertz CT molecular complexity index is 932. The predicted octanol–water partition coefficient (Wildman–Crippen LogP) is -1.04. The Hall–Kier alpha value is -3.68. The number of hydrogen-bond acceptors (Lipinski definition) is 7. The number of carboxylic acids is 1. The van der Waals surface area contributed by atoms with E-state index in [9.17, 15) is 24.3 Å². The molecule has 214 valence electrons. The Kier molecular flexibility index (Phi) is 13.8. The van der Waals surface area contributed by atoms with E-state index in [1.807, 2.05) is 20.8 Å². The summed E-state index contributed by atoms with van der Waals surface area (Å²) in [5.41, 5.74) is 17.3. The summed E-state index contributed by atoms with van der Waals surface area (Å²) in [5.74, 6) is -3.27. The molecule has 0 saturated carbocycles. The van der Waals surface area contributed by atoms with Crippen LogP contribution < -0.4 is 33.2 Å². The highest BCUT2D eigenvalue weighted by molar-refractivity contribution is 5.94. The second-order valence-electron chi connectivity index (χ2n) is 9.80. The molecule has 1 aromatic rings. The number of nitrogens with zero attached hydrogens (tertiary/aromatic N) is 2. The largest absolute Gasteiger partial charge is 0.480 e. The van der Waals surface area contributed by atoms with Crippen LogP contribution in [0.1, 0.15) is 59.1 Å². The van der Waals surface area contributed by atoms with Crippen molar-refractivity contribution in [1.82, 2.24) is 25.9 Å². The molecule has 0 spiro atoms. The fourth-order valence-corrected chi connectivity index (χ4v) is 3.69. The number of nitrogens with two attached hydrogens (primary N) is 3. The van der Waals surface area contributed by atoms with Gasteiger partial charge in [0.25, 0.3) is 0 Å². The van der Waals surface area contributed by atoms with Crippen molar-refractivity contribution in [3.63, 3.8) is 0 Å². The third kappa shape index (κ3) is 11.6. The monoisotopic (exact) mass is 537 g/mol. The number of carbonyl (C=O) groups excluding carboxylic acids is 3. The van der Waals surface area contributed by atoms with Crippen LogP contribution in [0.2, 0.25) is 0 Å². The molecule has 5 atom stereocenters.